The fourth-order valence-electron chi connectivity index (χ4n) is 0.692. The van der Waals surface area contributed by atoms with Gasteiger partial charge in [-0.25, -0.2) is 4.79 Å². The molecule has 1 unspecified atom stereocenters. The van der Waals surface area contributed by atoms with E-state index in [2.05, 4.69) is 9.24 Å². The molecule has 1 rings (SSSR count). The molecule has 0 aliphatic rings. The molecule has 4 heteroatoms. The standard InChI is InChI=1S/C7H7O2P.CH3.Ni/c8-7(9)5-3-1-2-4-6(5)10;;/h1-4H,10H2,(H,8,9);1H3;/q;-1;. The SMILES string of the molecule is O=C(O)c1ccccc1P.[CH3-].[Ni]. The van der Waals surface area contributed by atoms with E-state index in [9.17, 15) is 4.79 Å². The van der Waals surface area contributed by atoms with Crippen LogP contribution in [-0.2, 0) is 16.5 Å². The summed E-state index contributed by atoms with van der Waals surface area (Å²) in [5.41, 5.74) is 0.340. The molecule has 2 nitrogen and oxygen atoms in total. The Bertz CT molecular complexity index is 263. The summed E-state index contributed by atoms with van der Waals surface area (Å²) in [7, 11) is 2.37. The summed E-state index contributed by atoms with van der Waals surface area (Å²) in [5.74, 6) is -0.884. The van der Waals surface area contributed by atoms with Crippen LogP contribution in [0.25, 0.3) is 0 Å². The Morgan fingerprint density at radius 3 is 2.17 bits per heavy atom. The first-order valence-corrected chi connectivity index (χ1v) is 3.37. The topological polar surface area (TPSA) is 37.3 Å². The molecule has 0 radical (unpaired) electrons. The molecule has 0 bridgehead atoms. The number of hydrogen-bond acceptors (Lipinski definition) is 1. The molecule has 0 saturated heterocycles. The molecular formula is C8H10NiO2P-. The number of carbonyl (C=O) groups is 1. The quantitative estimate of drug-likeness (QED) is 0.447. The van der Waals surface area contributed by atoms with Crippen LogP contribution in [0, 0.1) is 7.43 Å². The smallest absolute Gasteiger partial charge is 0.336 e. The van der Waals surface area contributed by atoms with Crippen molar-refractivity contribution in [3.05, 3.63) is 37.3 Å². The van der Waals surface area contributed by atoms with E-state index in [4.69, 9.17) is 5.11 Å². The molecule has 12 heavy (non-hydrogen) atoms. The zero-order chi connectivity index (χ0) is 7.56. The van der Waals surface area contributed by atoms with Crippen LogP contribution >= 0.6 is 9.24 Å². The van der Waals surface area contributed by atoms with Crippen molar-refractivity contribution in [3.63, 3.8) is 0 Å². The maximum absolute atomic E-state index is 10.4. The number of benzene rings is 1. The molecule has 0 heterocycles. The molecule has 0 spiro atoms. The normalized spacial score (nSPS) is 7.75. The Kier molecular flexibility index (Phi) is 7.27. The predicted molar refractivity (Wildman–Crippen MR) is 49.2 cm³/mol. The third kappa shape index (κ3) is 3.34. The summed E-state index contributed by atoms with van der Waals surface area (Å²) in [5, 5.41) is 9.27. The molecule has 0 aliphatic heterocycles. The molecule has 0 saturated carbocycles. The van der Waals surface area contributed by atoms with Crippen LogP contribution in [0.15, 0.2) is 24.3 Å². The van der Waals surface area contributed by atoms with Crippen LogP contribution in [0.5, 0.6) is 0 Å². The van der Waals surface area contributed by atoms with Gasteiger partial charge in [-0.2, -0.15) is 0 Å². The Morgan fingerprint density at radius 1 is 1.33 bits per heavy atom. The Labute approximate surface area is 84.5 Å². The van der Waals surface area contributed by atoms with E-state index in [0.717, 1.165) is 5.30 Å². The fraction of sp³-hybridized carbons (Fsp3) is 0. The third-order valence-electron chi connectivity index (χ3n) is 1.19. The van der Waals surface area contributed by atoms with Gasteiger partial charge in [0.2, 0.25) is 0 Å². The molecule has 0 amide bonds. The molecule has 1 atom stereocenters. The second kappa shape index (κ2) is 6.17. The van der Waals surface area contributed by atoms with Crippen molar-refractivity contribution < 1.29 is 26.4 Å². The van der Waals surface area contributed by atoms with Gasteiger partial charge in [0.15, 0.2) is 0 Å². The molecule has 1 aromatic carbocycles. The number of carboxylic acids is 1. The van der Waals surface area contributed by atoms with Gasteiger partial charge >= 0.3 is 5.97 Å². The Morgan fingerprint density at radius 2 is 1.83 bits per heavy atom. The van der Waals surface area contributed by atoms with Crippen molar-refractivity contribution >= 4 is 20.5 Å². The van der Waals surface area contributed by atoms with Gasteiger partial charge in [0, 0.05) is 16.5 Å². The summed E-state index contributed by atoms with van der Waals surface area (Å²) in [4.78, 5) is 10.4. The van der Waals surface area contributed by atoms with E-state index in [1.165, 1.54) is 0 Å². The van der Waals surface area contributed by atoms with Crippen LogP contribution in [0.3, 0.4) is 0 Å². The summed E-state index contributed by atoms with van der Waals surface area (Å²) < 4.78 is 0. The van der Waals surface area contributed by atoms with Gasteiger partial charge in [-0.1, -0.05) is 18.2 Å². The summed E-state index contributed by atoms with van der Waals surface area (Å²) in [6.07, 6.45) is 0. The third-order valence-corrected chi connectivity index (χ3v) is 1.69. The van der Waals surface area contributed by atoms with Gasteiger partial charge in [0.05, 0.1) is 5.56 Å². The molecule has 0 aliphatic carbocycles. The van der Waals surface area contributed by atoms with Crippen LogP contribution < -0.4 is 5.30 Å². The van der Waals surface area contributed by atoms with Crippen molar-refractivity contribution in [2.24, 2.45) is 0 Å². The maximum Gasteiger partial charge on any atom is 0.336 e. The van der Waals surface area contributed by atoms with Crippen molar-refractivity contribution in [2.45, 2.75) is 0 Å². The first-order valence-electron chi connectivity index (χ1n) is 2.79. The minimum absolute atomic E-state index is 0. The van der Waals surface area contributed by atoms with E-state index < -0.39 is 5.97 Å². The van der Waals surface area contributed by atoms with Gasteiger partial charge in [0.1, 0.15) is 0 Å². The number of aromatic carboxylic acids is 1. The van der Waals surface area contributed by atoms with Gasteiger partial charge in [-0.15, -0.1) is 9.24 Å². The molecule has 1 N–H and O–H groups in total. The number of hydrogen-bond donors (Lipinski definition) is 1. The van der Waals surface area contributed by atoms with E-state index in [1.807, 2.05) is 0 Å². The van der Waals surface area contributed by atoms with E-state index >= 15 is 0 Å². The second-order valence-corrected chi connectivity index (χ2v) is 2.51. The van der Waals surface area contributed by atoms with Crippen molar-refractivity contribution in [1.29, 1.82) is 0 Å². The Balaban J connectivity index is 0. The summed E-state index contributed by atoms with van der Waals surface area (Å²) in [6.45, 7) is 0. The van der Waals surface area contributed by atoms with E-state index in [1.54, 1.807) is 24.3 Å². The minimum Gasteiger partial charge on any atom is -0.478 e. The largest absolute Gasteiger partial charge is 0.478 e. The van der Waals surface area contributed by atoms with Crippen LogP contribution in [0.1, 0.15) is 10.4 Å². The average molecular weight is 228 g/mol. The first-order chi connectivity index (χ1) is 4.72. The zero-order valence-corrected chi connectivity index (χ0v) is 8.70. The van der Waals surface area contributed by atoms with Gasteiger partial charge in [-0.3, -0.25) is 0 Å². The first kappa shape index (κ1) is 14.2. The van der Waals surface area contributed by atoms with E-state index in [-0.39, 0.29) is 23.9 Å². The molecule has 1 aromatic rings. The van der Waals surface area contributed by atoms with Crippen LogP contribution in [0.2, 0.25) is 0 Å². The van der Waals surface area contributed by atoms with Crippen molar-refractivity contribution in [3.8, 4) is 0 Å². The monoisotopic (exact) mass is 227 g/mol. The minimum atomic E-state index is -0.884. The average Bonchev–Trinajstić information content (AvgIpc) is 1.88. The second-order valence-electron chi connectivity index (χ2n) is 1.89. The zero-order valence-electron chi connectivity index (χ0n) is 6.56. The predicted octanol–water partition coefficient (Wildman–Crippen LogP) is 1.33. The van der Waals surface area contributed by atoms with Crippen molar-refractivity contribution in [2.75, 3.05) is 0 Å². The van der Waals surface area contributed by atoms with Crippen LogP contribution in [-0.4, -0.2) is 11.1 Å². The molecule has 70 valence electrons. The van der Waals surface area contributed by atoms with Gasteiger partial charge in [-0.05, 0) is 11.4 Å². The number of rotatable bonds is 1. The maximum atomic E-state index is 10.4. The summed E-state index contributed by atoms with van der Waals surface area (Å²) >= 11 is 0. The molecular weight excluding hydrogens is 218 g/mol. The molecule has 0 aromatic heterocycles. The number of carboxylic acid groups (broad SMARTS) is 1. The fourth-order valence-corrected chi connectivity index (χ4v) is 1.02. The van der Waals surface area contributed by atoms with Crippen LogP contribution in [0.4, 0.5) is 0 Å². The molecule has 0 fully saturated rings. The van der Waals surface area contributed by atoms with Gasteiger partial charge in [0.25, 0.3) is 0 Å². The summed E-state index contributed by atoms with van der Waals surface area (Å²) in [6, 6.07) is 6.82. The van der Waals surface area contributed by atoms with Crippen molar-refractivity contribution in [1.82, 2.24) is 0 Å². The Hall–Kier alpha value is -0.386. The van der Waals surface area contributed by atoms with Gasteiger partial charge < -0.3 is 12.5 Å². The van der Waals surface area contributed by atoms with E-state index in [0.29, 0.717) is 5.56 Å².